The predicted molar refractivity (Wildman–Crippen MR) is 49.4 cm³/mol. The van der Waals surface area contributed by atoms with Crippen LogP contribution in [-0.4, -0.2) is 49.9 Å². The van der Waals surface area contributed by atoms with Gasteiger partial charge in [-0.05, 0) is 0 Å². The molecule has 0 radical (unpaired) electrons. The van der Waals surface area contributed by atoms with E-state index in [0.717, 1.165) is 11.2 Å². The summed E-state index contributed by atoms with van der Waals surface area (Å²) in [7, 11) is -3.44. The molecule has 1 unspecified atom stereocenters. The zero-order valence-corrected chi connectivity index (χ0v) is 8.74. The standard InChI is InChI=1S/C7H9N3O4S/c1-15(13,14)4-6(11)9-7(12)10-3-5(10)2-8/h5H,3-4H2,1H3,(H,9,11,12). The van der Waals surface area contributed by atoms with Crippen LogP contribution in [0.4, 0.5) is 4.79 Å². The Morgan fingerprint density at radius 2 is 2.20 bits per heavy atom. The Balaban J connectivity index is 2.41. The molecular formula is C7H9N3O4S. The second kappa shape index (κ2) is 3.86. The number of sulfone groups is 1. The first-order valence-electron chi connectivity index (χ1n) is 4.01. The number of nitrogens with zero attached hydrogens (tertiary/aromatic N) is 2. The molecule has 8 heteroatoms. The van der Waals surface area contributed by atoms with E-state index < -0.39 is 33.6 Å². The van der Waals surface area contributed by atoms with E-state index in [1.54, 1.807) is 0 Å². The predicted octanol–water partition coefficient (Wildman–Crippen LogP) is -1.53. The topological polar surface area (TPSA) is 107 Å². The molecule has 0 aliphatic carbocycles. The average molecular weight is 231 g/mol. The molecule has 0 spiro atoms. The minimum Gasteiger partial charge on any atom is -0.303 e. The molecule has 1 aliphatic rings. The summed E-state index contributed by atoms with van der Waals surface area (Å²) in [6, 6.07) is 0.597. The SMILES string of the molecule is CS(=O)(=O)CC(=O)NC(=O)N1CC1C#N. The minimum absolute atomic E-state index is 0.272. The summed E-state index contributed by atoms with van der Waals surface area (Å²) in [5, 5.41) is 10.3. The van der Waals surface area contributed by atoms with Gasteiger partial charge < -0.3 is 4.90 Å². The van der Waals surface area contributed by atoms with E-state index in [1.165, 1.54) is 0 Å². The minimum atomic E-state index is -3.44. The van der Waals surface area contributed by atoms with Gasteiger partial charge in [-0.1, -0.05) is 0 Å². The zero-order valence-electron chi connectivity index (χ0n) is 7.93. The summed E-state index contributed by atoms with van der Waals surface area (Å²) in [5.41, 5.74) is 0. The maximum absolute atomic E-state index is 11.1. The largest absolute Gasteiger partial charge is 0.325 e. The Morgan fingerprint density at radius 3 is 2.60 bits per heavy atom. The highest BCUT2D eigenvalue weighted by molar-refractivity contribution is 7.91. The zero-order chi connectivity index (χ0) is 11.6. The first-order valence-corrected chi connectivity index (χ1v) is 6.07. The monoisotopic (exact) mass is 231 g/mol. The number of nitrogens with one attached hydrogen (secondary N) is 1. The van der Waals surface area contributed by atoms with Crippen molar-refractivity contribution in [1.29, 1.82) is 5.26 Å². The van der Waals surface area contributed by atoms with Crippen molar-refractivity contribution < 1.29 is 18.0 Å². The van der Waals surface area contributed by atoms with E-state index in [-0.39, 0.29) is 6.54 Å². The number of rotatable bonds is 2. The Bertz CT molecular complexity index is 436. The van der Waals surface area contributed by atoms with Crippen LogP contribution >= 0.6 is 0 Å². The average Bonchev–Trinajstić information content (AvgIpc) is 2.77. The van der Waals surface area contributed by atoms with Crippen LogP contribution in [0.1, 0.15) is 0 Å². The van der Waals surface area contributed by atoms with E-state index in [2.05, 4.69) is 0 Å². The summed E-state index contributed by atoms with van der Waals surface area (Å²) in [4.78, 5) is 23.2. The molecule has 7 nitrogen and oxygen atoms in total. The number of carbonyl (C=O) groups is 2. The van der Waals surface area contributed by atoms with Crippen molar-refractivity contribution in [3.8, 4) is 6.07 Å². The molecule has 1 heterocycles. The van der Waals surface area contributed by atoms with Crippen LogP contribution < -0.4 is 5.32 Å². The number of hydrogen-bond donors (Lipinski definition) is 1. The summed E-state index contributed by atoms with van der Waals surface area (Å²) in [6.45, 7) is 0.272. The molecule has 82 valence electrons. The molecule has 1 rings (SSSR count). The Morgan fingerprint density at radius 1 is 1.60 bits per heavy atom. The lowest BCUT2D eigenvalue weighted by Gasteiger charge is -2.03. The van der Waals surface area contributed by atoms with Crippen LogP contribution in [0.15, 0.2) is 0 Å². The molecule has 0 saturated carbocycles. The van der Waals surface area contributed by atoms with Gasteiger partial charge in [0.05, 0.1) is 12.6 Å². The summed E-state index contributed by atoms with van der Waals surface area (Å²) in [6.07, 6.45) is 0.895. The van der Waals surface area contributed by atoms with Gasteiger partial charge in [-0.2, -0.15) is 5.26 Å². The van der Waals surface area contributed by atoms with Gasteiger partial charge >= 0.3 is 6.03 Å². The van der Waals surface area contributed by atoms with Crippen molar-refractivity contribution in [2.75, 3.05) is 18.6 Å². The third kappa shape index (κ3) is 3.55. The Kier molecular flexibility index (Phi) is 2.95. The lowest BCUT2D eigenvalue weighted by molar-refractivity contribution is -0.117. The molecule has 15 heavy (non-hydrogen) atoms. The molecule has 1 saturated heterocycles. The van der Waals surface area contributed by atoms with Gasteiger partial charge in [-0.3, -0.25) is 10.1 Å². The maximum Gasteiger partial charge on any atom is 0.325 e. The van der Waals surface area contributed by atoms with Crippen molar-refractivity contribution in [3.63, 3.8) is 0 Å². The smallest absolute Gasteiger partial charge is 0.303 e. The lowest BCUT2D eigenvalue weighted by Crippen LogP contribution is -2.38. The number of amides is 3. The quantitative estimate of drug-likeness (QED) is 0.580. The first kappa shape index (κ1) is 11.5. The fourth-order valence-corrected chi connectivity index (χ4v) is 1.49. The summed E-state index contributed by atoms with van der Waals surface area (Å²) < 4.78 is 21.4. The van der Waals surface area contributed by atoms with Crippen LogP contribution in [0.25, 0.3) is 0 Å². The van der Waals surface area contributed by atoms with E-state index in [1.807, 2.05) is 11.4 Å². The third-order valence-corrected chi connectivity index (χ3v) is 2.45. The molecule has 1 aliphatic heterocycles. The van der Waals surface area contributed by atoms with Crippen LogP contribution in [0.2, 0.25) is 0 Å². The van der Waals surface area contributed by atoms with Crippen molar-refractivity contribution in [2.45, 2.75) is 6.04 Å². The van der Waals surface area contributed by atoms with Crippen molar-refractivity contribution >= 4 is 21.8 Å². The molecule has 3 amide bonds. The van der Waals surface area contributed by atoms with Crippen LogP contribution in [0.3, 0.4) is 0 Å². The van der Waals surface area contributed by atoms with Gasteiger partial charge in [-0.25, -0.2) is 13.2 Å². The van der Waals surface area contributed by atoms with E-state index in [9.17, 15) is 18.0 Å². The second-order valence-electron chi connectivity index (χ2n) is 3.22. The van der Waals surface area contributed by atoms with Gasteiger partial charge in [-0.15, -0.1) is 0 Å². The lowest BCUT2D eigenvalue weighted by atomic mass is 10.5. The normalized spacial score (nSPS) is 19.2. The highest BCUT2D eigenvalue weighted by Gasteiger charge is 2.39. The number of carbonyl (C=O) groups excluding carboxylic acids is 2. The molecule has 1 atom stereocenters. The van der Waals surface area contributed by atoms with Crippen LogP contribution in [0, 0.1) is 11.3 Å². The van der Waals surface area contributed by atoms with Crippen molar-refractivity contribution in [1.82, 2.24) is 10.2 Å². The number of hydrogen-bond acceptors (Lipinski definition) is 5. The molecule has 1 N–H and O–H groups in total. The van der Waals surface area contributed by atoms with Gasteiger partial charge in [0.25, 0.3) is 0 Å². The van der Waals surface area contributed by atoms with E-state index >= 15 is 0 Å². The summed E-state index contributed by atoms with van der Waals surface area (Å²) >= 11 is 0. The second-order valence-corrected chi connectivity index (χ2v) is 5.36. The van der Waals surface area contributed by atoms with Crippen molar-refractivity contribution in [3.05, 3.63) is 0 Å². The van der Waals surface area contributed by atoms with Gasteiger partial charge in [0.1, 0.15) is 11.8 Å². The van der Waals surface area contributed by atoms with Gasteiger partial charge in [0, 0.05) is 6.26 Å². The number of urea groups is 1. The van der Waals surface area contributed by atoms with E-state index in [0.29, 0.717) is 0 Å². The highest BCUT2D eigenvalue weighted by atomic mass is 32.2. The molecular weight excluding hydrogens is 222 g/mol. The fraction of sp³-hybridized carbons (Fsp3) is 0.571. The number of nitriles is 1. The highest BCUT2D eigenvalue weighted by Crippen LogP contribution is 2.15. The Hall–Kier alpha value is -1.62. The maximum atomic E-state index is 11.1. The first-order chi connectivity index (χ1) is 6.83. The fourth-order valence-electron chi connectivity index (χ4n) is 0.939. The van der Waals surface area contributed by atoms with Crippen molar-refractivity contribution in [2.24, 2.45) is 0 Å². The molecule has 0 aromatic carbocycles. The van der Waals surface area contributed by atoms with Gasteiger partial charge in [0.15, 0.2) is 9.84 Å². The summed E-state index contributed by atoms with van der Waals surface area (Å²) in [5.74, 6) is -1.62. The van der Waals surface area contributed by atoms with E-state index in [4.69, 9.17) is 5.26 Å². The molecule has 0 bridgehead atoms. The Labute approximate surface area is 86.6 Å². The molecule has 1 fully saturated rings. The third-order valence-electron chi connectivity index (χ3n) is 1.66. The van der Waals surface area contributed by atoms with Crippen LogP contribution in [-0.2, 0) is 14.6 Å². The van der Waals surface area contributed by atoms with Gasteiger partial charge in [0.2, 0.25) is 5.91 Å². The molecule has 0 aromatic rings. The number of imide groups is 1. The molecule has 0 aromatic heterocycles. The van der Waals surface area contributed by atoms with Crippen LogP contribution in [0.5, 0.6) is 0 Å².